The Labute approximate surface area is 112 Å². The third-order valence-corrected chi connectivity index (χ3v) is 4.84. The maximum absolute atomic E-state index is 12.2. The highest BCUT2D eigenvalue weighted by Crippen LogP contribution is 2.19. The minimum Gasteiger partial charge on any atom is -0.392 e. The van der Waals surface area contributed by atoms with Crippen LogP contribution in [0.1, 0.15) is 31.0 Å². The Morgan fingerprint density at radius 2 is 2.37 bits per heavy atom. The summed E-state index contributed by atoms with van der Waals surface area (Å²) in [7, 11) is -3.75. The van der Waals surface area contributed by atoms with Crippen LogP contribution in [0, 0.1) is 6.92 Å². The zero-order valence-corrected chi connectivity index (χ0v) is 11.8. The minimum atomic E-state index is -3.75. The van der Waals surface area contributed by atoms with Crippen molar-refractivity contribution in [2.45, 2.75) is 50.5 Å². The van der Waals surface area contributed by atoms with Gasteiger partial charge in [0.1, 0.15) is 0 Å². The Morgan fingerprint density at radius 1 is 1.63 bits per heavy atom. The molecule has 1 saturated heterocycles. The number of sulfonamides is 1. The summed E-state index contributed by atoms with van der Waals surface area (Å²) < 4.78 is 32.5. The van der Waals surface area contributed by atoms with Crippen LogP contribution >= 0.6 is 0 Å². The molecule has 2 atom stereocenters. The molecule has 0 radical (unpaired) electrons. The number of hydrogen-bond donors (Lipinski definition) is 3. The first kappa shape index (κ1) is 14.4. The van der Waals surface area contributed by atoms with Gasteiger partial charge in [0.2, 0.25) is 0 Å². The average molecular weight is 289 g/mol. The lowest BCUT2D eigenvalue weighted by Gasteiger charge is -2.19. The first-order valence-electron chi connectivity index (χ1n) is 6.24. The highest BCUT2D eigenvalue weighted by molar-refractivity contribution is 7.89. The van der Waals surface area contributed by atoms with Gasteiger partial charge >= 0.3 is 0 Å². The van der Waals surface area contributed by atoms with Crippen LogP contribution < -0.4 is 4.72 Å². The molecule has 0 bridgehead atoms. The van der Waals surface area contributed by atoms with Crippen molar-refractivity contribution in [3.8, 4) is 0 Å². The molecule has 2 rings (SSSR count). The van der Waals surface area contributed by atoms with Crippen LogP contribution in [-0.2, 0) is 21.4 Å². The number of nitrogens with zero attached hydrogens (tertiary/aromatic N) is 1. The molecule has 2 unspecified atom stereocenters. The van der Waals surface area contributed by atoms with Crippen LogP contribution in [0.15, 0.2) is 5.03 Å². The number of aryl methyl sites for hydroxylation is 1. The van der Waals surface area contributed by atoms with Crippen molar-refractivity contribution in [2.24, 2.45) is 0 Å². The summed E-state index contributed by atoms with van der Waals surface area (Å²) in [5.41, 5.74) is 0.847. The van der Waals surface area contributed by atoms with Gasteiger partial charge in [0.15, 0.2) is 5.03 Å². The van der Waals surface area contributed by atoms with Gasteiger partial charge in [0.25, 0.3) is 10.0 Å². The number of hydrogen-bond acceptors (Lipinski definition) is 5. The molecule has 1 fully saturated rings. The van der Waals surface area contributed by atoms with Gasteiger partial charge in [-0.1, -0.05) is 0 Å². The molecule has 8 heteroatoms. The van der Waals surface area contributed by atoms with Crippen LogP contribution in [0.2, 0.25) is 0 Å². The number of aliphatic hydroxyl groups is 1. The third kappa shape index (κ3) is 2.97. The molecule has 0 aliphatic carbocycles. The van der Waals surface area contributed by atoms with E-state index in [-0.39, 0.29) is 23.8 Å². The Bertz CT molecular complexity index is 534. The lowest BCUT2D eigenvalue weighted by atomic mass is 10.1. The molecule has 1 aromatic rings. The first-order valence-corrected chi connectivity index (χ1v) is 7.72. The van der Waals surface area contributed by atoms with Crippen molar-refractivity contribution in [1.29, 1.82) is 0 Å². The summed E-state index contributed by atoms with van der Waals surface area (Å²) in [5, 5.41) is 15.4. The van der Waals surface area contributed by atoms with E-state index in [4.69, 9.17) is 4.74 Å². The van der Waals surface area contributed by atoms with E-state index in [1.807, 2.05) is 0 Å². The van der Waals surface area contributed by atoms with Gasteiger partial charge in [-0.05, 0) is 26.7 Å². The molecule has 108 valence electrons. The zero-order valence-electron chi connectivity index (χ0n) is 11.0. The van der Waals surface area contributed by atoms with E-state index >= 15 is 0 Å². The van der Waals surface area contributed by atoms with E-state index in [9.17, 15) is 13.5 Å². The van der Waals surface area contributed by atoms with Crippen LogP contribution in [0.4, 0.5) is 0 Å². The quantitative estimate of drug-likeness (QED) is 0.711. The molecule has 1 aliphatic heterocycles. The number of ether oxygens (including phenoxy) is 1. The summed E-state index contributed by atoms with van der Waals surface area (Å²) in [5.74, 6) is 0. The summed E-state index contributed by atoms with van der Waals surface area (Å²) in [6, 6.07) is -0.323. The SMILES string of the molecule is Cc1[nH]nc(S(=O)(=O)NC(C)C2CCCO2)c1CO. The van der Waals surface area contributed by atoms with E-state index in [0.717, 1.165) is 12.8 Å². The van der Waals surface area contributed by atoms with Crippen molar-refractivity contribution < 1.29 is 18.3 Å². The Morgan fingerprint density at radius 3 is 2.95 bits per heavy atom. The maximum Gasteiger partial charge on any atom is 0.260 e. The summed E-state index contributed by atoms with van der Waals surface area (Å²) in [4.78, 5) is 0. The number of aliphatic hydroxyl groups excluding tert-OH is 1. The molecule has 3 N–H and O–H groups in total. The topological polar surface area (TPSA) is 104 Å². The van der Waals surface area contributed by atoms with E-state index in [2.05, 4.69) is 14.9 Å². The second-order valence-electron chi connectivity index (χ2n) is 4.75. The second-order valence-corrected chi connectivity index (χ2v) is 6.38. The van der Waals surface area contributed by atoms with E-state index in [1.165, 1.54) is 0 Å². The molecular formula is C11H19N3O4S. The highest BCUT2D eigenvalue weighted by Gasteiger charge is 2.30. The second kappa shape index (κ2) is 5.58. The molecular weight excluding hydrogens is 270 g/mol. The Balaban J connectivity index is 2.17. The van der Waals surface area contributed by atoms with Crippen molar-refractivity contribution in [3.63, 3.8) is 0 Å². The smallest absolute Gasteiger partial charge is 0.260 e. The predicted octanol–water partition coefficient (Wildman–Crippen LogP) is 0.0562. The van der Waals surface area contributed by atoms with Crippen molar-refractivity contribution in [3.05, 3.63) is 11.3 Å². The van der Waals surface area contributed by atoms with Gasteiger partial charge < -0.3 is 9.84 Å². The number of aromatic amines is 1. The van der Waals surface area contributed by atoms with Crippen molar-refractivity contribution >= 4 is 10.0 Å². The Kier molecular flexibility index (Phi) is 4.24. The fourth-order valence-corrected chi connectivity index (χ4v) is 3.67. The summed E-state index contributed by atoms with van der Waals surface area (Å²) in [6.07, 6.45) is 1.68. The molecule has 1 aliphatic rings. The number of aromatic nitrogens is 2. The van der Waals surface area contributed by atoms with Gasteiger partial charge in [0, 0.05) is 23.9 Å². The molecule has 0 spiro atoms. The lowest BCUT2D eigenvalue weighted by molar-refractivity contribution is 0.0902. The number of nitrogens with one attached hydrogen (secondary N) is 2. The minimum absolute atomic E-state index is 0.104. The average Bonchev–Trinajstić information content (AvgIpc) is 2.96. The molecule has 19 heavy (non-hydrogen) atoms. The zero-order chi connectivity index (χ0) is 14.0. The van der Waals surface area contributed by atoms with Gasteiger partial charge in [0.05, 0.1) is 12.7 Å². The van der Waals surface area contributed by atoms with Gasteiger partial charge in [-0.15, -0.1) is 0 Å². The normalized spacial score (nSPS) is 21.7. The fourth-order valence-electron chi connectivity index (χ4n) is 2.21. The molecule has 0 aromatic carbocycles. The molecule has 7 nitrogen and oxygen atoms in total. The Hall–Kier alpha value is -0.960. The molecule has 2 heterocycles. The van der Waals surface area contributed by atoms with Crippen LogP contribution in [0.3, 0.4) is 0 Å². The van der Waals surface area contributed by atoms with Crippen molar-refractivity contribution in [2.75, 3.05) is 6.61 Å². The fraction of sp³-hybridized carbons (Fsp3) is 0.727. The van der Waals surface area contributed by atoms with Crippen LogP contribution in [-0.4, -0.2) is 42.5 Å². The van der Waals surface area contributed by atoms with Gasteiger partial charge in [-0.2, -0.15) is 5.10 Å². The van der Waals surface area contributed by atoms with Gasteiger partial charge in [-0.3, -0.25) is 5.10 Å². The van der Waals surface area contributed by atoms with Crippen LogP contribution in [0.25, 0.3) is 0 Å². The highest BCUT2D eigenvalue weighted by atomic mass is 32.2. The van der Waals surface area contributed by atoms with E-state index in [1.54, 1.807) is 13.8 Å². The third-order valence-electron chi connectivity index (χ3n) is 3.31. The largest absolute Gasteiger partial charge is 0.392 e. The van der Waals surface area contributed by atoms with E-state index in [0.29, 0.717) is 17.9 Å². The predicted molar refractivity (Wildman–Crippen MR) is 68.0 cm³/mol. The first-order chi connectivity index (χ1) is 8.95. The number of H-pyrrole nitrogens is 1. The van der Waals surface area contributed by atoms with E-state index < -0.39 is 10.0 Å². The molecule has 0 saturated carbocycles. The molecule has 1 aromatic heterocycles. The van der Waals surface area contributed by atoms with Crippen LogP contribution in [0.5, 0.6) is 0 Å². The standard InChI is InChI=1S/C11H19N3O4S/c1-7-9(6-15)11(13-12-7)19(16,17)14-8(2)10-4-3-5-18-10/h8,10,14-15H,3-6H2,1-2H3,(H,12,13). The lowest BCUT2D eigenvalue weighted by Crippen LogP contribution is -2.41. The van der Waals surface area contributed by atoms with Gasteiger partial charge in [-0.25, -0.2) is 13.1 Å². The van der Waals surface area contributed by atoms with Crippen molar-refractivity contribution in [1.82, 2.24) is 14.9 Å². The molecule has 0 amide bonds. The summed E-state index contributed by atoms with van der Waals surface area (Å²) in [6.45, 7) is 3.74. The number of rotatable bonds is 5. The monoisotopic (exact) mass is 289 g/mol. The summed E-state index contributed by atoms with van der Waals surface area (Å²) >= 11 is 0. The maximum atomic E-state index is 12.2.